The van der Waals surface area contributed by atoms with Gasteiger partial charge in [0.1, 0.15) is 0 Å². The zero-order chi connectivity index (χ0) is 13.1. The quantitative estimate of drug-likeness (QED) is 0.789. The second-order valence-electron chi connectivity index (χ2n) is 3.08. The lowest BCUT2D eigenvalue weighted by molar-refractivity contribution is -0.184. The van der Waals surface area contributed by atoms with E-state index >= 15 is 0 Å². The molecule has 0 aromatic heterocycles. The summed E-state index contributed by atoms with van der Waals surface area (Å²) in [5, 5.41) is 0. The highest BCUT2D eigenvalue weighted by Gasteiger charge is 2.41. The summed E-state index contributed by atoms with van der Waals surface area (Å²) < 4.78 is 47.4. The van der Waals surface area contributed by atoms with Crippen molar-refractivity contribution in [2.45, 2.75) is 6.18 Å². The van der Waals surface area contributed by atoms with E-state index in [1.807, 2.05) is 0 Å². The highest BCUT2D eigenvalue weighted by molar-refractivity contribution is 7.82. The number of carbonyl (C=O) groups is 1. The topological polar surface area (TPSA) is 60.9 Å². The number of amides is 1. The first-order valence-electron chi connectivity index (χ1n) is 4.02. The lowest BCUT2D eigenvalue weighted by Gasteiger charge is -2.23. The van der Waals surface area contributed by atoms with Crippen molar-refractivity contribution in [1.82, 2.24) is 9.57 Å². The third-order valence-corrected chi connectivity index (χ3v) is 3.59. The molecule has 96 valence electrons. The monoisotopic (exact) mass is 282 g/mol. The van der Waals surface area contributed by atoms with Crippen molar-refractivity contribution in [3.63, 3.8) is 0 Å². The summed E-state index contributed by atoms with van der Waals surface area (Å²) >= 11 is 5.05. The molecule has 0 rings (SSSR count). The van der Waals surface area contributed by atoms with Gasteiger partial charge in [-0.2, -0.15) is 13.2 Å². The standard InChI is InChI=1S/C6H11ClF3N2O3P/c1-11(5(13)6(8,9)10)3-4-12(2)16(7,14)15/h3-4H2,1-2H3,(H,14,15). The number of likely N-dealkylation sites (N-methyl/N-ethyl adjacent to an activating group) is 2. The molecule has 0 saturated carbocycles. The zero-order valence-electron chi connectivity index (χ0n) is 8.53. The maximum absolute atomic E-state index is 11.9. The molecule has 0 aliphatic carbocycles. The fourth-order valence-corrected chi connectivity index (χ4v) is 1.30. The molecule has 1 N–H and O–H groups in total. The van der Waals surface area contributed by atoms with E-state index in [1.165, 1.54) is 7.05 Å². The molecule has 0 saturated heterocycles. The molecule has 1 unspecified atom stereocenters. The number of carbonyl (C=O) groups excluding carboxylic acids is 1. The summed E-state index contributed by atoms with van der Waals surface area (Å²) in [5.41, 5.74) is 0. The summed E-state index contributed by atoms with van der Waals surface area (Å²) in [4.78, 5) is 19.9. The van der Waals surface area contributed by atoms with E-state index < -0.39 is 19.0 Å². The fourth-order valence-electron chi connectivity index (χ4n) is 0.736. The molecule has 0 aliphatic heterocycles. The minimum Gasteiger partial charge on any atom is -0.337 e. The van der Waals surface area contributed by atoms with Crippen molar-refractivity contribution in [2.24, 2.45) is 0 Å². The molecule has 0 fully saturated rings. The fraction of sp³-hybridized carbons (Fsp3) is 0.833. The molecule has 16 heavy (non-hydrogen) atoms. The Balaban J connectivity index is 4.24. The second-order valence-corrected chi connectivity index (χ2v) is 6.03. The average molecular weight is 283 g/mol. The Morgan fingerprint density at radius 3 is 2.12 bits per heavy atom. The lowest BCUT2D eigenvalue weighted by atomic mass is 10.5. The van der Waals surface area contributed by atoms with Crippen LogP contribution in [0.15, 0.2) is 0 Å². The Morgan fingerprint density at radius 1 is 1.38 bits per heavy atom. The molecule has 0 radical (unpaired) electrons. The van der Waals surface area contributed by atoms with Crippen LogP contribution in [0.2, 0.25) is 0 Å². The Hall–Kier alpha value is -0.300. The van der Waals surface area contributed by atoms with Crippen LogP contribution in [0.25, 0.3) is 0 Å². The normalized spacial score (nSPS) is 16.0. The summed E-state index contributed by atoms with van der Waals surface area (Å²) in [6, 6.07) is 0. The number of rotatable bonds is 4. The predicted octanol–water partition coefficient (Wildman–Crippen LogP) is 1.28. The third-order valence-electron chi connectivity index (χ3n) is 1.77. The van der Waals surface area contributed by atoms with E-state index in [1.54, 1.807) is 0 Å². The van der Waals surface area contributed by atoms with Gasteiger partial charge in [-0.05, 0) is 18.3 Å². The van der Waals surface area contributed by atoms with Crippen LogP contribution in [0.4, 0.5) is 13.2 Å². The van der Waals surface area contributed by atoms with Crippen molar-refractivity contribution >= 4 is 24.0 Å². The van der Waals surface area contributed by atoms with Crippen LogP contribution in [0, 0.1) is 0 Å². The van der Waals surface area contributed by atoms with Crippen LogP contribution in [0.3, 0.4) is 0 Å². The molecule has 0 aromatic rings. The maximum Gasteiger partial charge on any atom is 0.471 e. The molecule has 0 bridgehead atoms. The van der Waals surface area contributed by atoms with Crippen LogP contribution < -0.4 is 0 Å². The van der Waals surface area contributed by atoms with Crippen LogP contribution in [-0.2, 0) is 9.36 Å². The largest absolute Gasteiger partial charge is 0.471 e. The molecule has 0 heterocycles. The minimum atomic E-state index is -4.95. The van der Waals surface area contributed by atoms with Crippen molar-refractivity contribution < 1.29 is 27.4 Å². The first-order chi connectivity index (χ1) is 6.96. The number of alkyl halides is 3. The summed E-state index contributed by atoms with van der Waals surface area (Å²) in [5.74, 6) is -2.01. The predicted molar refractivity (Wildman–Crippen MR) is 52.0 cm³/mol. The van der Waals surface area contributed by atoms with Gasteiger partial charge in [0.25, 0.3) is 0 Å². The first kappa shape index (κ1) is 15.7. The number of nitrogens with zero attached hydrogens (tertiary/aromatic N) is 2. The van der Waals surface area contributed by atoms with E-state index in [0.717, 1.165) is 11.7 Å². The highest BCUT2D eigenvalue weighted by atomic mass is 35.7. The van der Waals surface area contributed by atoms with Gasteiger partial charge in [0, 0.05) is 20.1 Å². The van der Waals surface area contributed by atoms with Gasteiger partial charge >= 0.3 is 19.0 Å². The Morgan fingerprint density at radius 2 is 1.81 bits per heavy atom. The molecule has 1 atom stereocenters. The van der Waals surface area contributed by atoms with Crippen LogP contribution in [0.5, 0.6) is 0 Å². The van der Waals surface area contributed by atoms with E-state index in [0.29, 0.717) is 4.90 Å². The third kappa shape index (κ3) is 5.16. The van der Waals surface area contributed by atoms with Crippen molar-refractivity contribution in [3.05, 3.63) is 0 Å². The Labute approximate surface area is 95.1 Å². The molecule has 5 nitrogen and oxygen atoms in total. The molecule has 0 spiro atoms. The number of halogens is 4. The van der Waals surface area contributed by atoms with E-state index in [2.05, 4.69) is 0 Å². The van der Waals surface area contributed by atoms with Gasteiger partial charge in [-0.15, -0.1) is 0 Å². The molecular weight excluding hydrogens is 271 g/mol. The van der Waals surface area contributed by atoms with Crippen molar-refractivity contribution in [3.8, 4) is 0 Å². The van der Waals surface area contributed by atoms with E-state index in [9.17, 15) is 22.5 Å². The molecular formula is C6H11ClF3N2O3P. The van der Waals surface area contributed by atoms with Crippen LogP contribution in [-0.4, -0.2) is 53.7 Å². The van der Waals surface area contributed by atoms with Gasteiger partial charge in [0.15, 0.2) is 0 Å². The van der Waals surface area contributed by atoms with Crippen LogP contribution in [0.1, 0.15) is 0 Å². The highest BCUT2D eigenvalue weighted by Crippen LogP contribution is 2.48. The second kappa shape index (κ2) is 5.35. The number of hydrogen-bond donors (Lipinski definition) is 1. The van der Waals surface area contributed by atoms with Gasteiger partial charge in [-0.1, -0.05) is 0 Å². The number of hydrogen-bond acceptors (Lipinski definition) is 2. The minimum absolute atomic E-state index is 0.240. The van der Waals surface area contributed by atoms with Gasteiger partial charge in [-0.25, -0.2) is 4.67 Å². The van der Waals surface area contributed by atoms with Crippen molar-refractivity contribution in [2.75, 3.05) is 27.2 Å². The van der Waals surface area contributed by atoms with Crippen LogP contribution >= 0.6 is 18.1 Å². The zero-order valence-corrected chi connectivity index (χ0v) is 10.2. The van der Waals surface area contributed by atoms with Crippen molar-refractivity contribution in [1.29, 1.82) is 0 Å². The smallest absolute Gasteiger partial charge is 0.337 e. The average Bonchev–Trinajstić information content (AvgIpc) is 2.09. The molecule has 0 aliphatic rings. The summed E-state index contributed by atoms with van der Waals surface area (Å²) in [7, 11) is 2.11. The molecule has 0 aromatic carbocycles. The molecule has 10 heteroatoms. The van der Waals surface area contributed by atoms with E-state index in [-0.39, 0.29) is 13.1 Å². The first-order valence-corrected chi connectivity index (χ1v) is 6.54. The molecule has 1 amide bonds. The summed E-state index contributed by atoms with van der Waals surface area (Å²) in [6.07, 6.45) is -4.95. The van der Waals surface area contributed by atoms with E-state index in [4.69, 9.17) is 16.1 Å². The SMILES string of the molecule is CN(CCN(C)P(=O)(O)Cl)C(=O)C(F)(F)F. The Kier molecular flexibility index (Phi) is 5.25. The lowest BCUT2D eigenvalue weighted by Crippen LogP contribution is -2.41. The van der Waals surface area contributed by atoms with Gasteiger partial charge in [0.05, 0.1) is 0 Å². The van der Waals surface area contributed by atoms with Gasteiger partial charge in [-0.3, -0.25) is 9.36 Å². The maximum atomic E-state index is 11.9. The van der Waals surface area contributed by atoms with Gasteiger partial charge in [0.2, 0.25) is 0 Å². The Bertz CT molecular complexity index is 306. The van der Waals surface area contributed by atoms with Gasteiger partial charge < -0.3 is 9.79 Å². The summed E-state index contributed by atoms with van der Waals surface area (Å²) in [6.45, 7) is -4.59.